The predicted molar refractivity (Wildman–Crippen MR) is 83.9 cm³/mol. The van der Waals surface area contributed by atoms with Crippen molar-refractivity contribution in [2.45, 2.75) is 47.0 Å². The summed E-state index contributed by atoms with van der Waals surface area (Å²) < 4.78 is 0. The third kappa shape index (κ3) is 5.80. The lowest BCUT2D eigenvalue weighted by molar-refractivity contribution is -0.120. The summed E-state index contributed by atoms with van der Waals surface area (Å²) in [5.74, 6) is 1.04. The molecule has 1 aliphatic heterocycles. The van der Waals surface area contributed by atoms with Crippen LogP contribution in [0.25, 0.3) is 0 Å². The molecule has 0 spiro atoms. The summed E-state index contributed by atoms with van der Waals surface area (Å²) in [5, 5.41) is 6.20. The summed E-state index contributed by atoms with van der Waals surface area (Å²) in [6.45, 7) is 12.9. The van der Waals surface area contributed by atoms with Gasteiger partial charge in [-0.05, 0) is 25.2 Å². The lowest BCUT2D eigenvalue weighted by Gasteiger charge is -2.23. The van der Waals surface area contributed by atoms with E-state index in [0.29, 0.717) is 18.4 Å². The number of aliphatic imine (C=N–C) groups is 1. The smallest absolute Gasteiger partial charge is 0.221 e. The van der Waals surface area contributed by atoms with Crippen LogP contribution in [0.5, 0.6) is 0 Å². The molecule has 0 aromatic rings. The first-order valence-corrected chi connectivity index (χ1v) is 7.78. The minimum atomic E-state index is 0.0909. The maximum Gasteiger partial charge on any atom is 0.221 e. The molecule has 0 aromatic carbocycles. The Morgan fingerprint density at radius 3 is 2.60 bits per heavy atom. The molecule has 116 valence electrons. The van der Waals surface area contributed by atoms with Gasteiger partial charge in [0.2, 0.25) is 5.91 Å². The summed E-state index contributed by atoms with van der Waals surface area (Å²) in [4.78, 5) is 18.4. The van der Waals surface area contributed by atoms with Crippen LogP contribution in [-0.4, -0.2) is 49.5 Å². The average molecular weight is 282 g/mol. The Balaban J connectivity index is 2.45. The van der Waals surface area contributed by atoms with Gasteiger partial charge in [-0.1, -0.05) is 20.8 Å². The number of rotatable bonds is 6. The van der Waals surface area contributed by atoms with Crippen LogP contribution in [0.15, 0.2) is 4.99 Å². The number of carbonyl (C=O) groups is 1. The van der Waals surface area contributed by atoms with E-state index < -0.39 is 0 Å². The highest BCUT2D eigenvalue weighted by atomic mass is 16.1. The van der Waals surface area contributed by atoms with E-state index >= 15 is 0 Å². The van der Waals surface area contributed by atoms with Gasteiger partial charge < -0.3 is 15.5 Å². The maximum absolute atomic E-state index is 11.6. The highest BCUT2D eigenvalue weighted by Crippen LogP contribution is 2.28. The van der Waals surface area contributed by atoms with E-state index in [1.165, 1.54) is 6.42 Å². The summed E-state index contributed by atoms with van der Waals surface area (Å²) in [5.41, 5.74) is 0.356. The number of guanidine groups is 1. The zero-order valence-corrected chi connectivity index (χ0v) is 13.5. The Hall–Kier alpha value is -1.26. The topological polar surface area (TPSA) is 56.7 Å². The lowest BCUT2D eigenvalue weighted by Crippen LogP contribution is -2.41. The molecule has 20 heavy (non-hydrogen) atoms. The molecule has 0 radical (unpaired) electrons. The number of carbonyl (C=O) groups excluding carboxylic acids is 1. The van der Waals surface area contributed by atoms with Crippen molar-refractivity contribution < 1.29 is 4.79 Å². The summed E-state index contributed by atoms with van der Waals surface area (Å²) in [7, 11) is 0. The first kappa shape index (κ1) is 16.8. The highest BCUT2D eigenvalue weighted by Gasteiger charge is 2.30. The fourth-order valence-electron chi connectivity index (χ4n) is 2.34. The van der Waals surface area contributed by atoms with Crippen LogP contribution in [0.3, 0.4) is 0 Å². The molecule has 1 heterocycles. The van der Waals surface area contributed by atoms with E-state index in [4.69, 9.17) is 0 Å². The first-order valence-electron chi connectivity index (χ1n) is 7.78. The van der Waals surface area contributed by atoms with Crippen molar-refractivity contribution in [3.63, 3.8) is 0 Å². The molecule has 5 heteroatoms. The molecule has 1 saturated heterocycles. The van der Waals surface area contributed by atoms with Crippen molar-refractivity contribution in [1.29, 1.82) is 0 Å². The molecule has 0 bridgehead atoms. The molecule has 0 aliphatic carbocycles. The van der Waals surface area contributed by atoms with E-state index in [1.807, 2.05) is 0 Å². The van der Waals surface area contributed by atoms with Gasteiger partial charge in [0.1, 0.15) is 0 Å². The van der Waals surface area contributed by atoms with Crippen LogP contribution >= 0.6 is 0 Å². The number of hydrogen-bond acceptors (Lipinski definition) is 2. The molecular weight excluding hydrogens is 252 g/mol. The molecule has 1 fully saturated rings. The third-order valence-electron chi connectivity index (χ3n) is 3.48. The molecule has 1 rings (SSSR count). The molecule has 1 aliphatic rings. The van der Waals surface area contributed by atoms with Crippen molar-refractivity contribution in [2.24, 2.45) is 10.4 Å². The van der Waals surface area contributed by atoms with E-state index in [2.05, 4.69) is 48.2 Å². The van der Waals surface area contributed by atoms with Crippen LogP contribution in [0.2, 0.25) is 0 Å². The number of nitrogens with one attached hydrogen (secondary N) is 2. The number of hydrogen-bond donors (Lipinski definition) is 2. The Labute approximate surface area is 123 Å². The molecule has 1 amide bonds. The van der Waals surface area contributed by atoms with Crippen molar-refractivity contribution in [3.05, 3.63) is 0 Å². The fraction of sp³-hybridized carbons (Fsp3) is 0.867. The van der Waals surface area contributed by atoms with E-state index in [0.717, 1.165) is 38.6 Å². The summed E-state index contributed by atoms with van der Waals surface area (Å²) >= 11 is 0. The summed E-state index contributed by atoms with van der Waals surface area (Å²) in [6.07, 6.45) is 2.63. The van der Waals surface area contributed by atoms with Crippen molar-refractivity contribution in [2.75, 3.05) is 32.7 Å². The van der Waals surface area contributed by atoms with Crippen LogP contribution < -0.4 is 10.6 Å². The van der Waals surface area contributed by atoms with Gasteiger partial charge in [-0.25, -0.2) is 0 Å². The Kier molecular flexibility index (Phi) is 6.82. The van der Waals surface area contributed by atoms with Gasteiger partial charge in [0.05, 0.1) is 6.54 Å². The second-order valence-corrected chi connectivity index (χ2v) is 6.17. The van der Waals surface area contributed by atoms with Crippen LogP contribution in [0, 0.1) is 5.41 Å². The standard InChI is InChI=1S/C15H30N4O/c1-5-9-17-13(20)7-10-18-14(16-6-2)19-11-8-15(3,4)12-19/h5-12H2,1-4H3,(H,16,18)(H,17,20). The SMILES string of the molecule is CCCNC(=O)CCN=C(NCC)N1CCC(C)(C)C1. The van der Waals surface area contributed by atoms with Gasteiger partial charge in [-0.3, -0.25) is 9.79 Å². The van der Waals surface area contributed by atoms with Crippen LogP contribution in [0.1, 0.15) is 47.0 Å². The van der Waals surface area contributed by atoms with Crippen molar-refractivity contribution in [1.82, 2.24) is 15.5 Å². The Bertz CT molecular complexity index is 339. The molecule has 0 aromatic heterocycles. The highest BCUT2D eigenvalue weighted by molar-refractivity contribution is 5.81. The molecule has 0 saturated carbocycles. The number of amides is 1. The number of nitrogens with zero attached hydrogens (tertiary/aromatic N) is 2. The molecule has 2 N–H and O–H groups in total. The maximum atomic E-state index is 11.6. The average Bonchev–Trinajstić information content (AvgIpc) is 2.75. The van der Waals surface area contributed by atoms with Crippen LogP contribution in [0.4, 0.5) is 0 Å². The molecule has 5 nitrogen and oxygen atoms in total. The van der Waals surface area contributed by atoms with Gasteiger partial charge in [-0.2, -0.15) is 0 Å². The third-order valence-corrected chi connectivity index (χ3v) is 3.48. The second-order valence-electron chi connectivity index (χ2n) is 6.17. The number of likely N-dealkylation sites (tertiary alicyclic amines) is 1. The van der Waals surface area contributed by atoms with Crippen molar-refractivity contribution in [3.8, 4) is 0 Å². The van der Waals surface area contributed by atoms with Gasteiger partial charge in [0, 0.05) is 32.6 Å². The molecular formula is C15H30N4O. The van der Waals surface area contributed by atoms with Crippen molar-refractivity contribution >= 4 is 11.9 Å². The van der Waals surface area contributed by atoms with Gasteiger partial charge >= 0.3 is 0 Å². The first-order chi connectivity index (χ1) is 9.48. The van der Waals surface area contributed by atoms with Crippen LogP contribution in [-0.2, 0) is 4.79 Å². The van der Waals surface area contributed by atoms with Gasteiger partial charge in [-0.15, -0.1) is 0 Å². The normalized spacial score (nSPS) is 18.2. The van der Waals surface area contributed by atoms with Gasteiger partial charge in [0.25, 0.3) is 0 Å². The van der Waals surface area contributed by atoms with E-state index in [-0.39, 0.29) is 5.91 Å². The Morgan fingerprint density at radius 2 is 2.05 bits per heavy atom. The predicted octanol–water partition coefficient (Wildman–Crippen LogP) is 1.60. The largest absolute Gasteiger partial charge is 0.357 e. The molecule has 0 atom stereocenters. The van der Waals surface area contributed by atoms with E-state index in [9.17, 15) is 4.79 Å². The minimum Gasteiger partial charge on any atom is -0.357 e. The van der Waals surface area contributed by atoms with E-state index in [1.54, 1.807) is 0 Å². The summed E-state index contributed by atoms with van der Waals surface area (Å²) in [6, 6.07) is 0. The molecule has 0 unspecified atom stereocenters. The lowest BCUT2D eigenvalue weighted by atomic mass is 9.93. The quantitative estimate of drug-likeness (QED) is 0.575. The fourth-order valence-corrected chi connectivity index (χ4v) is 2.34. The zero-order chi connectivity index (χ0) is 15.0. The second kappa shape index (κ2) is 8.12. The zero-order valence-electron chi connectivity index (χ0n) is 13.5. The minimum absolute atomic E-state index is 0.0909. The van der Waals surface area contributed by atoms with Gasteiger partial charge in [0.15, 0.2) is 5.96 Å². The monoisotopic (exact) mass is 282 g/mol. The Morgan fingerprint density at radius 1 is 1.30 bits per heavy atom.